The van der Waals surface area contributed by atoms with Crippen molar-refractivity contribution < 1.29 is 23.8 Å². The molecule has 0 spiro atoms. The van der Waals surface area contributed by atoms with E-state index in [4.69, 9.17) is 5.26 Å². The van der Waals surface area contributed by atoms with Crippen LogP contribution in [0.4, 0.5) is 26.1 Å². The lowest BCUT2D eigenvalue weighted by Gasteiger charge is -2.18. The van der Waals surface area contributed by atoms with Crippen molar-refractivity contribution in [2.75, 3.05) is 17.2 Å². The van der Waals surface area contributed by atoms with Crippen LogP contribution in [-0.2, 0) is 10.4 Å². The standard InChI is InChI=1S/C17H20F2N6O3/c1-16(2,27)12-8-14(24-25(12)15(18)19)23-13-7-11(3-5-22-13)21-6-4-17(28,9-20)10-26/h3,5,7-8,10,15,27-28H,4,6H2,1-2H3,(H2,21,22,23,24)/t17-/m0/s1. The second-order valence-electron chi connectivity index (χ2n) is 6.58. The number of hydrogen-bond acceptors (Lipinski definition) is 8. The minimum absolute atomic E-state index is 0.0658. The van der Waals surface area contributed by atoms with E-state index in [1.54, 1.807) is 12.1 Å². The number of alkyl halides is 2. The predicted molar refractivity (Wildman–Crippen MR) is 96.0 cm³/mol. The second kappa shape index (κ2) is 8.28. The van der Waals surface area contributed by atoms with Crippen LogP contribution < -0.4 is 10.6 Å². The highest BCUT2D eigenvalue weighted by Crippen LogP contribution is 2.28. The number of anilines is 3. The summed E-state index contributed by atoms with van der Waals surface area (Å²) in [5.41, 5.74) is -3.09. The van der Waals surface area contributed by atoms with Crippen molar-refractivity contribution in [3.63, 3.8) is 0 Å². The van der Waals surface area contributed by atoms with E-state index in [-0.39, 0.29) is 36.6 Å². The molecule has 2 heterocycles. The molecule has 2 rings (SSSR count). The van der Waals surface area contributed by atoms with Gasteiger partial charge in [-0.2, -0.15) is 14.0 Å². The topological polar surface area (TPSA) is 136 Å². The van der Waals surface area contributed by atoms with Crippen molar-refractivity contribution in [1.29, 1.82) is 5.26 Å². The number of rotatable bonds is 9. The Hall–Kier alpha value is -3.10. The van der Waals surface area contributed by atoms with E-state index in [0.29, 0.717) is 10.4 Å². The fraction of sp³-hybridized carbons (Fsp3) is 0.412. The lowest BCUT2D eigenvalue weighted by Crippen LogP contribution is -2.30. The molecular weight excluding hydrogens is 374 g/mol. The Morgan fingerprint density at radius 2 is 2.07 bits per heavy atom. The molecule has 0 fully saturated rings. The van der Waals surface area contributed by atoms with Crippen molar-refractivity contribution in [3.8, 4) is 6.07 Å². The van der Waals surface area contributed by atoms with Gasteiger partial charge in [0.05, 0.1) is 5.69 Å². The van der Waals surface area contributed by atoms with Gasteiger partial charge in [0.1, 0.15) is 17.5 Å². The number of pyridine rings is 1. The molecule has 0 aliphatic carbocycles. The van der Waals surface area contributed by atoms with Crippen LogP contribution in [0.25, 0.3) is 0 Å². The van der Waals surface area contributed by atoms with E-state index in [0.717, 1.165) is 0 Å². The number of nitrogens with one attached hydrogen (secondary N) is 2. The van der Waals surface area contributed by atoms with E-state index in [9.17, 15) is 23.8 Å². The summed E-state index contributed by atoms with van der Waals surface area (Å²) in [6.07, 6.45) is 1.50. The first-order valence-corrected chi connectivity index (χ1v) is 8.25. The molecule has 28 heavy (non-hydrogen) atoms. The third-order valence-corrected chi connectivity index (χ3v) is 3.79. The molecule has 0 saturated carbocycles. The van der Waals surface area contributed by atoms with Gasteiger partial charge in [-0.3, -0.25) is 4.79 Å². The summed E-state index contributed by atoms with van der Waals surface area (Å²) in [5, 5.41) is 37.8. The first-order valence-electron chi connectivity index (χ1n) is 8.25. The van der Waals surface area contributed by atoms with Gasteiger partial charge in [-0.05, 0) is 19.9 Å². The monoisotopic (exact) mass is 394 g/mol. The number of aldehydes is 1. The lowest BCUT2D eigenvalue weighted by molar-refractivity contribution is -0.119. The van der Waals surface area contributed by atoms with Crippen LogP contribution in [0.15, 0.2) is 24.4 Å². The lowest BCUT2D eigenvalue weighted by atomic mass is 10.0. The van der Waals surface area contributed by atoms with Crippen LogP contribution in [-0.4, -0.2) is 43.4 Å². The molecule has 9 nitrogen and oxygen atoms in total. The summed E-state index contributed by atoms with van der Waals surface area (Å²) >= 11 is 0. The van der Waals surface area contributed by atoms with Gasteiger partial charge in [0.25, 0.3) is 0 Å². The van der Waals surface area contributed by atoms with Crippen molar-refractivity contribution in [2.45, 2.75) is 38.0 Å². The van der Waals surface area contributed by atoms with Gasteiger partial charge in [-0.15, -0.1) is 5.10 Å². The number of aromatic nitrogens is 3. The van der Waals surface area contributed by atoms with Crippen molar-refractivity contribution in [1.82, 2.24) is 14.8 Å². The van der Waals surface area contributed by atoms with E-state index < -0.39 is 17.8 Å². The minimum atomic E-state index is -2.92. The summed E-state index contributed by atoms with van der Waals surface area (Å²) in [5.74, 6) is 0.360. The Labute approximate surface area is 159 Å². The second-order valence-corrected chi connectivity index (χ2v) is 6.58. The van der Waals surface area contributed by atoms with E-state index in [1.807, 2.05) is 0 Å². The highest BCUT2D eigenvalue weighted by atomic mass is 19.3. The van der Waals surface area contributed by atoms with Gasteiger partial charge in [-0.25, -0.2) is 9.67 Å². The van der Waals surface area contributed by atoms with Crippen LogP contribution in [0.3, 0.4) is 0 Å². The Bertz CT molecular complexity index is 875. The van der Waals surface area contributed by atoms with Crippen molar-refractivity contribution in [2.24, 2.45) is 0 Å². The number of nitrogens with zero attached hydrogens (tertiary/aromatic N) is 4. The average Bonchev–Trinajstić information content (AvgIpc) is 3.06. The molecule has 0 radical (unpaired) electrons. The summed E-state index contributed by atoms with van der Waals surface area (Å²) in [4.78, 5) is 14.8. The molecule has 0 aromatic carbocycles. The largest absolute Gasteiger partial charge is 0.385 e. The van der Waals surface area contributed by atoms with E-state index in [1.165, 1.54) is 32.2 Å². The third kappa shape index (κ3) is 5.21. The summed E-state index contributed by atoms with van der Waals surface area (Å²) in [6.45, 7) is -0.0431. The molecule has 150 valence electrons. The maximum Gasteiger partial charge on any atom is 0.333 e. The SMILES string of the molecule is CC(C)(O)c1cc(Nc2cc(NCC[C@](O)(C#N)C=O)ccn2)nn1C(F)F. The molecule has 2 aromatic rings. The zero-order valence-corrected chi connectivity index (χ0v) is 15.2. The molecule has 0 saturated heterocycles. The van der Waals surface area contributed by atoms with Gasteiger partial charge in [0, 0.05) is 37.0 Å². The zero-order chi connectivity index (χ0) is 20.9. The smallest absolute Gasteiger partial charge is 0.333 e. The quantitative estimate of drug-likeness (QED) is 0.374. The molecule has 0 amide bonds. The van der Waals surface area contributed by atoms with Gasteiger partial charge < -0.3 is 20.8 Å². The molecule has 11 heteroatoms. The predicted octanol–water partition coefficient (Wildman–Crippen LogP) is 1.90. The molecule has 0 aliphatic rings. The zero-order valence-electron chi connectivity index (χ0n) is 15.2. The Kier molecular flexibility index (Phi) is 6.27. The van der Waals surface area contributed by atoms with Crippen LogP contribution in [0.2, 0.25) is 0 Å². The van der Waals surface area contributed by atoms with Gasteiger partial charge >= 0.3 is 6.55 Å². The van der Waals surface area contributed by atoms with Crippen LogP contribution in [0.5, 0.6) is 0 Å². The number of carbonyl (C=O) groups excluding carboxylic acids is 1. The van der Waals surface area contributed by atoms with Crippen LogP contribution in [0.1, 0.15) is 32.5 Å². The van der Waals surface area contributed by atoms with Crippen molar-refractivity contribution >= 4 is 23.6 Å². The highest BCUT2D eigenvalue weighted by molar-refractivity contribution is 5.67. The van der Waals surface area contributed by atoms with Crippen molar-refractivity contribution in [3.05, 3.63) is 30.1 Å². The molecule has 0 bridgehead atoms. The maximum absolute atomic E-state index is 13.1. The molecular formula is C17H20F2N6O3. The van der Waals surface area contributed by atoms with Crippen LogP contribution >= 0.6 is 0 Å². The molecule has 4 N–H and O–H groups in total. The molecule has 2 aromatic heterocycles. The number of hydrogen-bond donors (Lipinski definition) is 4. The van der Waals surface area contributed by atoms with Gasteiger partial charge in [0.2, 0.25) is 5.60 Å². The third-order valence-electron chi connectivity index (χ3n) is 3.79. The number of nitriles is 1. The summed E-state index contributed by atoms with van der Waals surface area (Å²) in [7, 11) is 0. The van der Waals surface area contributed by atoms with Gasteiger partial charge in [0.15, 0.2) is 12.1 Å². The van der Waals surface area contributed by atoms with Crippen LogP contribution in [0, 0.1) is 11.3 Å². The number of aliphatic hydroxyl groups is 2. The number of carbonyl (C=O) groups is 1. The summed E-state index contributed by atoms with van der Waals surface area (Å²) < 4.78 is 26.7. The van der Waals surface area contributed by atoms with E-state index in [2.05, 4.69) is 20.7 Å². The fourth-order valence-corrected chi connectivity index (χ4v) is 2.34. The van der Waals surface area contributed by atoms with E-state index >= 15 is 0 Å². The Balaban J connectivity index is 2.11. The first kappa shape index (κ1) is 21.2. The normalized spacial score (nSPS) is 13.6. The average molecular weight is 394 g/mol. The van der Waals surface area contributed by atoms with Gasteiger partial charge in [-0.1, -0.05) is 0 Å². The first-order chi connectivity index (χ1) is 13.1. The maximum atomic E-state index is 13.1. The summed E-state index contributed by atoms with van der Waals surface area (Å²) in [6, 6.07) is 5.98. The highest BCUT2D eigenvalue weighted by Gasteiger charge is 2.27. The molecule has 1 atom stereocenters. The molecule has 0 aliphatic heterocycles. The Morgan fingerprint density at radius 1 is 1.36 bits per heavy atom. The minimum Gasteiger partial charge on any atom is -0.385 e. The fourth-order valence-electron chi connectivity index (χ4n) is 2.34. The number of halogens is 2. The molecule has 0 unspecified atom stereocenters. The Morgan fingerprint density at radius 3 is 2.61 bits per heavy atom.